The van der Waals surface area contributed by atoms with E-state index in [0.717, 1.165) is 25.5 Å². The second-order valence-corrected chi connectivity index (χ2v) is 3.46. The molecule has 0 saturated heterocycles. The normalized spacial score (nSPS) is 15.2. The summed E-state index contributed by atoms with van der Waals surface area (Å²) >= 11 is 0. The minimum Gasteiger partial charge on any atom is -0.347 e. The van der Waals surface area contributed by atoms with E-state index in [1.807, 2.05) is 25.2 Å². The Morgan fingerprint density at radius 3 is 3.08 bits per heavy atom. The maximum absolute atomic E-state index is 4.49. The molecule has 13 heavy (non-hydrogen) atoms. The van der Waals surface area contributed by atoms with Crippen molar-refractivity contribution in [2.24, 2.45) is 0 Å². The zero-order valence-electron chi connectivity index (χ0n) is 8.04. The second-order valence-electron chi connectivity index (χ2n) is 3.46. The van der Waals surface area contributed by atoms with E-state index in [2.05, 4.69) is 15.3 Å². The summed E-state index contributed by atoms with van der Waals surface area (Å²) in [6.07, 6.45) is 2.93. The maximum Gasteiger partial charge on any atom is 0.225 e. The standard InChI is InChI=1S/C9H14N4/c1-13(2)9-11-6-7-5-10-4-3-8(7)12-9/h6,10H,3-5H2,1-2H3. The van der Waals surface area contributed by atoms with E-state index in [1.54, 1.807) is 0 Å². The summed E-state index contributed by atoms with van der Waals surface area (Å²) < 4.78 is 0. The third-order valence-corrected chi connectivity index (χ3v) is 2.20. The quantitative estimate of drug-likeness (QED) is 0.666. The van der Waals surface area contributed by atoms with Gasteiger partial charge in [0, 0.05) is 45.4 Å². The van der Waals surface area contributed by atoms with Gasteiger partial charge < -0.3 is 10.2 Å². The Bertz CT molecular complexity index is 308. The van der Waals surface area contributed by atoms with E-state index in [0.29, 0.717) is 0 Å². The summed E-state index contributed by atoms with van der Waals surface area (Å²) in [6, 6.07) is 0. The summed E-state index contributed by atoms with van der Waals surface area (Å²) in [7, 11) is 3.92. The van der Waals surface area contributed by atoms with Gasteiger partial charge in [-0.25, -0.2) is 9.97 Å². The van der Waals surface area contributed by atoms with Crippen LogP contribution in [-0.2, 0) is 13.0 Å². The van der Waals surface area contributed by atoms with E-state index in [9.17, 15) is 0 Å². The lowest BCUT2D eigenvalue weighted by Gasteiger charge is -2.18. The number of hydrogen-bond acceptors (Lipinski definition) is 4. The number of nitrogens with zero attached hydrogens (tertiary/aromatic N) is 3. The van der Waals surface area contributed by atoms with Gasteiger partial charge in [-0.3, -0.25) is 0 Å². The lowest BCUT2D eigenvalue weighted by Crippen LogP contribution is -2.26. The number of aromatic nitrogens is 2. The number of anilines is 1. The Balaban J connectivity index is 2.35. The first-order valence-electron chi connectivity index (χ1n) is 4.50. The van der Waals surface area contributed by atoms with Gasteiger partial charge in [0.15, 0.2) is 0 Å². The fourth-order valence-electron chi connectivity index (χ4n) is 1.44. The molecule has 1 aliphatic rings. The van der Waals surface area contributed by atoms with E-state index in [1.165, 1.54) is 11.3 Å². The van der Waals surface area contributed by atoms with Crippen LogP contribution in [-0.4, -0.2) is 30.6 Å². The highest BCUT2D eigenvalue weighted by Gasteiger charge is 2.11. The van der Waals surface area contributed by atoms with E-state index < -0.39 is 0 Å². The van der Waals surface area contributed by atoms with Crippen LogP contribution in [0.2, 0.25) is 0 Å². The minimum absolute atomic E-state index is 0.806. The molecular weight excluding hydrogens is 164 g/mol. The zero-order valence-corrected chi connectivity index (χ0v) is 8.04. The van der Waals surface area contributed by atoms with Crippen LogP contribution in [0.1, 0.15) is 11.3 Å². The van der Waals surface area contributed by atoms with Crippen molar-refractivity contribution in [1.29, 1.82) is 0 Å². The Labute approximate surface area is 78.0 Å². The fourth-order valence-corrected chi connectivity index (χ4v) is 1.44. The Morgan fingerprint density at radius 1 is 1.46 bits per heavy atom. The van der Waals surface area contributed by atoms with Gasteiger partial charge in [-0.05, 0) is 0 Å². The predicted molar refractivity (Wildman–Crippen MR) is 51.8 cm³/mol. The van der Waals surface area contributed by atoms with Gasteiger partial charge in [-0.2, -0.15) is 0 Å². The molecule has 0 spiro atoms. The lowest BCUT2D eigenvalue weighted by atomic mass is 10.1. The van der Waals surface area contributed by atoms with Gasteiger partial charge in [0.2, 0.25) is 5.95 Å². The van der Waals surface area contributed by atoms with Crippen molar-refractivity contribution in [1.82, 2.24) is 15.3 Å². The summed E-state index contributed by atoms with van der Waals surface area (Å²) in [5.41, 5.74) is 2.43. The SMILES string of the molecule is CN(C)c1ncc2c(n1)CCNC2. The van der Waals surface area contributed by atoms with Crippen molar-refractivity contribution in [3.05, 3.63) is 17.5 Å². The summed E-state index contributed by atoms with van der Waals surface area (Å²) in [4.78, 5) is 10.7. The lowest BCUT2D eigenvalue weighted by molar-refractivity contribution is 0.625. The van der Waals surface area contributed by atoms with Gasteiger partial charge in [-0.1, -0.05) is 0 Å². The van der Waals surface area contributed by atoms with E-state index in [4.69, 9.17) is 0 Å². The molecule has 2 rings (SSSR count). The maximum atomic E-state index is 4.49. The fraction of sp³-hybridized carbons (Fsp3) is 0.556. The first kappa shape index (κ1) is 8.44. The van der Waals surface area contributed by atoms with E-state index in [-0.39, 0.29) is 0 Å². The highest BCUT2D eigenvalue weighted by atomic mass is 15.2. The Morgan fingerprint density at radius 2 is 2.31 bits per heavy atom. The summed E-state index contributed by atoms with van der Waals surface area (Å²) in [5, 5.41) is 3.30. The van der Waals surface area contributed by atoms with Crippen LogP contribution in [0, 0.1) is 0 Å². The second kappa shape index (κ2) is 3.30. The molecule has 0 amide bonds. The molecule has 4 nitrogen and oxygen atoms in total. The molecular formula is C9H14N4. The van der Waals surface area contributed by atoms with Crippen LogP contribution in [0.15, 0.2) is 6.20 Å². The minimum atomic E-state index is 0.806. The van der Waals surface area contributed by atoms with Gasteiger partial charge in [0.05, 0.1) is 5.69 Å². The smallest absolute Gasteiger partial charge is 0.225 e. The van der Waals surface area contributed by atoms with Crippen LogP contribution >= 0.6 is 0 Å². The molecule has 0 unspecified atom stereocenters. The molecule has 2 heterocycles. The molecule has 0 saturated carbocycles. The molecule has 0 radical (unpaired) electrons. The van der Waals surface area contributed by atoms with Crippen LogP contribution in [0.5, 0.6) is 0 Å². The highest BCUT2D eigenvalue weighted by Crippen LogP contribution is 2.12. The molecule has 0 aromatic carbocycles. The van der Waals surface area contributed by atoms with Gasteiger partial charge in [0.1, 0.15) is 0 Å². The van der Waals surface area contributed by atoms with E-state index >= 15 is 0 Å². The van der Waals surface area contributed by atoms with Crippen molar-refractivity contribution in [3.63, 3.8) is 0 Å². The topological polar surface area (TPSA) is 41.1 Å². The van der Waals surface area contributed by atoms with Crippen LogP contribution in [0.3, 0.4) is 0 Å². The van der Waals surface area contributed by atoms with Gasteiger partial charge in [0.25, 0.3) is 0 Å². The average molecular weight is 178 g/mol. The molecule has 1 aromatic heterocycles. The number of rotatable bonds is 1. The molecule has 1 aromatic rings. The monoisotopic (exact) mass is 178 g/mol. The third kappa shape index (κ3) is 1.62. The molecule has 1 aliphatic heterocycles. The van der Waals surface area contributed by atoms with Crippen LogP contribution in [0.25, 0.3) is 0 Å². The Kier molecular flexibility index (Phi) is 2.14. The molecule has 0 fully saturated rings. The van der Waals surface area contributed by atoms with Gasteiger partial charge >= 0.3 is 0 Å². The molecule has 0 bridgehead atoms. The first-order valence-corrected chi connectivity index (χ1v) is 4.50. The van der Waals surface area contributed by atoms with Gasteiger partial charge in [-0.15, -0.1) is 0 Å². The Hall–Kier alpha value is -1.16. The zero-order chi connectivity index (χ0) is 9.26. The molecule has 70 valence electrons. The van der Waals surface area contributed by atoms with Crippen molar-refractivity contribution in [3.8, 4) is 0 Å². The predicted octanol–water partition coefficient (Wildman–Crippen LogP) is 0.188. The van der Waals surface area contributed by atoms with Crippen molar-refractivity contribution in [2.45, 2.75) is 13.0 Å². The molecule has 0 aliphatic carbocycles. The molecule has 4 heteroatoms. The summed E-state index contributed by atoms with van der Waals surface area (Å²) in [5.74, 6) is 0.806. The number of hydrogen-bond donors (Lipinski definition) is 1. The van der Waals surface area contributed by atoms with Crippen LogP contribution < -0.4 is 10.2 Å². The average Bonchev–Trinajstić information content (AvgIpc) is 2.17. The summed E-state index contributed by atoms with van der Waals surface area (Å²) in [6.45, 7) is 1.93. The molecule has 0 atom stereocenters. The van der Waals surface area contributed by atoms with Crippen molar-refractivity contribution < 1.29 is 0 Å². The van der Waals surface area contributed by atoms with Crippen LogP contribution in [0.4, 0.5) is 5.95 Å². The first-order chi connectivity index (χ1) is 6.27. The number of nitrogens with one attached hydrogen (secondary N) is 1. The van der Waals surface area contributed by atoms with Crippen molar-refractivity contribution >= 4 is 5.95 Å². The molecule has 1 N–H and O–H groups in total. The number of fused-ring (bicyclic) bond motifs is 1. The third-order valence-electron chi connectivity index (χ3n) is 2.20. The van der Waals surface area contributed by atoms with Crippen molar-refractivity contribution in [2.75, 3.05) is 25.5 Å². The highest BCUT2D eigenvalue weighted by molar-refractivity contribution is 5.32. The largest absolute Gasteiger partial charge is 0.347 e.